The highest BCUT2D eigenvalue weighted by atomic mass is 16.6. The molecule has 2 aromatic carbocycles. The predicted octanol–water partition coefficient (Wildman–Crippen LogP) is 2.80. The van der Waals surface area contributed by atoms with Gasteiger partial charge in [-0.1, -0.05) is 6.07 Å². The number of benzene rings is 2. The molecule has 0 radical (unpaired) electrons. The van der Waals surface area contributed by atoms with Crippen LogP contribution in [0.4, 0.5) is 5.69 Å². The summed E-state index contributed by atoms with van der Waals surface area (Å²) in [5.74, 6) is 0.0301. The lowest BCUT2D eigenvalue weighted by molar-refractivity contribution is -0.119. The summed E-state index contributed by atoms with van der Waals surface area (Å²) in [6.07, 6.45) is 1.68. The molecule has 4 rings (SSSR count). The Morgan fingerprint density at radius 2 is 1.89 bits per heavy atom. The normalized spacial score (nSPS) is 12.4. The van der Waals surface area contributed by atoms with Crippen LogP contribution in [0.1, 0.15) is 10.4 Å². The minimum atomic E-state index is -0.610. The van der Waals surface area contributed by atoms with Crippen LogP contribution in [0.25, 0.3) is 10.9 Å². The molecule has 0 spiro atoms. The van der Waals surface area contributed by atoms with E-state index in [1.165, 1.54) is 0 Å². The van der Waals surface area contributed by atoms with E-state index in [4.69, 9.17) is 14.2 Å². The number of nitrogens with zero attached hydrogens (tertiary/aromatic N) is 1. The number of rotatable bonds is 4. The standard InChI is InChI=1S/C20H16N2O5/c23-19(22-16-5-1-4-15-14(16)3-2-8-21-15)12-27-20(24)13-6-7-17-18(11-13)26-10-9-25-17/h1-8,11H,9-10,12H2,(H,22,23). The first-order valence-corrected chi connectivity index (χ1v) is 8.41. The molecule has 2 heterocycles. The van der Waals surface area contributed by atoms with Crippen LogP contribution in [0, 0.1) is 0 Å². The van der Waals surface area contributed by atoms with E-state index in [1.54, 1.807) is 42.6 Å². The number of aromatic nitrogens is 1. The fourth-order valence-corrected chi connectivity index (χ4v) is 2.78. The van der Waals surface area contributed by atoms with Crippen molar-refractivity contribution < 1.29 is 23.8 Å². The van der Waals surface area contributed by atoms with Gasteiger partial charge < -0.3 is 19.5 Å². The second-order valence-corrected chi connectivity index (χ2v) is 5.86. The molecule has 1 amide bonds. The van der Waals surface area contributed by atoms with E-state index in [2.05, 4.69) is 10.3 Å². The highest BCUT2D eigenvalue weighted by molar-refractivity contribution is 6.02. The number of fused-ring (bicyclic) bond motifs is 2. The van der Waals surface area contributed by atoms with E-state index < -0.39 is 18.5 Å². The van der Waals surface area contributed by atoms with Gasteiger partial charge in [-0.05, 0) is 42.5 Å². The maximum absolute atomic E-state index is 12.2. The van der Waals surface area contributed by atoms with Crippen LogP contribution in [0.5, 0.6) is 11.5 Å². The van der Waals surface area contributed by atoms with Gasteiger partial charge in [0, 0.05) is 11.6 Å². The number of hydrogen-bond acceptors (Lipinski definition) is 6. The first-order chi connectivity index (χ1) is 13.2. The van der Waals surface area contributed by atoms with Gasteiger partial charge in [0.05, 0.1) is 16.8 Å². The lowest BCUT2D eigenvalue weighted by atomic mass is 10.2. The average molecular weight is 364 g/mol. The number of nitrogens with one attached hydrogen (secondary N) is 1. The summed E-state index contributed by atoms with van der Waals surface area (Å²) in [7, 11) is 0. The lowest BCUT2D eigenvalue weighted by Gasteiger charge is -2.18. The van der Waals surface area contributed by atoms with Crippen molar-refractivity contribution in [3.63, 3.8) is 0 Å². The Bertz CT molecular complexity index is 1010. The third-order valence-electron chi connectivity index (χ3n) is 4.03. The Balaban J connectivity index is 1.39. The summed E-state index contributed by atoms with van der Waals surface area (Å²) >= 11 is 0. The van der Waals surface area contributed by atoms with Crippen LogP contribution in [0.3, 0.4) is 0 Å². The van der Waals surface area contributed by atoms with Crippen LogP contribution in [-0.2, 0) is 9.53 Å². The molecule has 0 aliphatic carbocycles. The Hall–Kier alpha value is -3.61. The van der Waals surface area contributed by atoms with Crippen molar-refractivity contribution in [3.05, 3.63) is 60.3 Å². The maximum atomic E-state index is 12.2. The van der Waals surface area contributed by atoms with Crippen LogP contribution >= 0.6 is 0 Å². The fraction of sp³-hybridized carbons (Fsp3) is 0.150. The zero-order chi connectivity index (χ0) is 18.6. The Morgan fingerprint density at radius 1 is 1.04 bits per heavy atom. The van der Waals surface area contributed by atoms with Gasteiger partial charge >= 0.3 is 5.97 Å². The molecule has 7 heteroatoms. The van der Waals surface area contributed by atoms with Gasteiger partial charge in [-0.15, -0.1) is 0 Å². The molecule has 1 aromatic heterocycles. The molecular weight excluding hydrogens is 348 g/mol. The zero-order valence-corrected chi connectivity index (χ0v) is 14.3. The monoisotopic (exact) mass is 364 g/mol. The van der Waals surface area contributed by atoms with E-state index in [-0.39, 0.29) is 0 Å². The van der Waals surface area contributed by atoms with E-state index >= 15 is 0 Å². The molecule has 0 unspecified atom stereocenters. The largest absolute Gasteiger partial charge is 0.486 e. The van der Waals surface area contributed by atoms with Crippen LogP contribution in [0.15, 0.2) is 54.7 Å². The molecule has 3 aromatic rings. The van der Waals surface area contributed by atoms with Gasteiger partial charge in [-0.25, -0.2) is 4.79 Å². The number of carbonyl (C=O) groups excluding carboxylic acids is 2. The topological polar surface area (TPSA) is 86.8 Å². The highest BCUT2D eigenvalue weighted by Crippen LogP contribution is 2.31. The van der Waals surface area contributed by atoms with Gasteiger partial charge in [0.2, 0.25) is 0 Å². The Kier molecular flexibility index (Phi) is 4.57. The zero-order valence-electron chi connectivity index (χ0n) is 14.3. The van der Waals surface area contributed by atoms with Crippen LogP contribution in [-0.4, -0.2) is 36.7 Å². The minimum Gasteiger partial charge on any atom is -0.486 e. The highest BCUT2D eigenvalue weighted by Gasteiger charge is 2.17. The average Bonchev–Trinajstić information content (AvgIpc) is 2.72. The number of anilines is 1. The third kappa shape index (κ3) is 3.67. The third-order valence-corrected chi connectivity index (χ3v) is 4.03. The number of pyridine rings is 1. The molecule has 0 atom stereocenters. The van der Waals surface area contributed by atoms with E-state index in [1.807, 2.05) is 12.1 Å². The van der Waals surface area contributed by atoms with Crippen molar-refractivity contribution in [2.45, 2.75) is 0 Å². The summed E-state index contributed by atoms with van der Waals surface area (Å²) in [5, 5.41) is 3.55. The second kappa shape index (κ2) is 7.33. The molecular formula is C20H16N2O5. The minimum absolute atomic E-state index is 0.293. The van der Waals surface area contributed by atoms with Crippen molar-refractivity contribution in [2.24, 2.45) is 0 Å². The molecule has 0 fully saturated rings. The van der Waals surface area contributed by atoms with Crippen molar-refractivity contribution in [1.29, 1.82) is 0 Å². The number of ether oxygens (including phenoxy) is 3. The van der Waals surface area contributed by atoms with Gasteiger partial charge in [0.1, 0.15) is 13.2 Å². The Labute approximate surface area is 154 Å². The SMILES string of the molecule is O=C(COC(=O)c1ccc2c(c1)OCCO2)Nc1cccc2ncccc12. The van der Waals surface area contributed by atoms with Crippen molar-refractivity contribution in [1.82, 2.24) is 4.98 Å². The first kappa shape index (κ1) is 16.8. The molecule has 0 bridgehead atoms. The van der Waals surface area contributed by atoms with Gasteiger partial charge in [0.25, 0.3) is 5.91 Å². The molecule has 1 N–H and O–H groups in total. The van der Waals surface area contributed by atoms with E-state index in [0.717, 1.165) is 10.9 Å². The van der Waals surface area contributed by atoms with Crippen LogP contribution in [0.2, 0.25) is 0 Å². The van der Waals surface area contributed by atoms with Crippen molar-refractivity contribution >= 4 is 28.5 Å². The number of esters is 1. The molecule has 1 aliphatic rings. The van der Waals surface area contributed by atoms with Gasteiger partial charge in [0.15, 0.2) is 18.1 Å². The van der Waals surface area contributed by atoms with E-state index in [9.17, 15) is 9.59 Å². The second-order valence-electron chi connectivity index (χ2n) is 5.86. The molecule has 0 saturated heterocycles. The Morgan fingerprint density at radius 3 is 2.78 bits per heavy atom. The summed E-state index contributed by atoms with van der Waals surface area (Å²) in [6, 6.07) is 13.8. The summed E-state index contributed by atoms with van der Waals surface area (Å²) in [6.45, 7) is 0.498. The first-order valence-electron chi connectivity index (χ1n) is 8.41. The molecule has 1 aliphatic heterocycles. The number of carbonyl (C=O) groups is 2. The molecule has 136 valence electrons. The quantitative estimate of drug-likeness (QED) is 0.717. The fourth-order valence-electron chi connectivity index (χ4n) is 2.78. The van der Waals surface area contributed by atoms with Crippen molar-refractivity contribution in [2.75, 3.05) is 25.1 Å². The van der Waals surface area contributed by atoms with Gasteiger partial charge in [-0.3, -0.25) is 9.78 Å². The predicted molar refractivity (Wildman–Crippen MR) is 98.1 cm³/mol. The summed E-state index contributed by atoms with van der Waals surface area (Å²) < 4.78 is 16.0. The smallest absolute Gasteiger partial charge is 0.338 e. The van der Waals surface area contributed by atoms with E-state index in [0.29, 0.717) is 36.0 Å². The van der Waals surface area contributed by atoms with Crippen molar-refractivity contribution in [3.8, 4) is 11.5 Å². The summed E-state index contributed by atoms with van der Waals surface area (Å²) in [5.41, 5.74) is 1.67. The number of hydrogen-bond donors (Lipinski definition) is 1. The molecule has 7 nitrogen and oxygen atoms in total. The van der Waals surface area contributed by atoms with Gasteiger partial charge in [-0.2, -0.15) is 0 Å². The molecule has 27 heavy (non-hydrogen) atoms. The molecule has 0 saturated carbocycles. The maximum Gasteiger partial charge on any atom is 0.338 e. The number of amides is 1. The van der Waals surface area contributed by atoms with Crippen LogP contribution < -0.4 is 14.8 Å². The lowest BCUT2D eigenvalue weighted by Crippen LogP contribution is -2.21. The summed E-state index contributed by atoms with van der Waals surface area (Å²) in [4.78, 5) is 28.6.